The smallest absolute Gasteiger partial charge is 0.221 e. The van der Waals surface area contributed by atoms with Crippen molar-refractivity contribution in [2.45, 2.75) is 19.8 Å². The number of amides is 1. The van der Waals surface area contributed by atoms with Gasteiger partial charge in [0.1, 0.15) is 0 Å². The first kappa shape index (κ1) is 12.2. The van der Waals surface area contributed by atoms with Gasteiger partial charge < -0.3 is 16.4 Å². The molecule has 1 amide bonds. The highest BCUT2D eigenvalue weighted by atomic mass is 16.1. The molecule has 2 aliphatic rings. The van der Waals surface area contributed by atoms with E-state index in [0.717, 1.165) is 38.2 Å². The van der Waals surface area contributed by atoms with Crippen LogP contribution in [0.1, 0.15) is 19.8 Å². The normalized spacial score (nSPS) is 33.7. The molecule has 0 bridgehead atoms. The number of rotatable bonds is 3. The van der Waals surface area contributed by atoms with Gasteiger partial charge in [0.15, 0.2) is 0 Å². The highest BCUT2D eigenvalue weighted by Gasteiger charge is 2.34. The van der Waals surface area contributed by atoms with Crippen molar-refractivity contribution in [2.75, 3.05) is 19.6 Å². The predicted molar refractivity (Wildman–Crippen MR) is 67.9 cm³/mol. The van der Waals surface area contributed by atoms with Crippen molar-refractivity contribution in [2.24, 2.45) is 22.8 Å². The number of carbonyl (C=O) groups is 1. The van der Waals surface area contributed by atoms with Crippen molar-refractivity contribution in [3.8, 4) is 0 Å². The molecule has 0 saturated carbocycles. The molecule has 0 spiro atoms. The Morgan fingerprint density at radius 2 is 2.41 bits per heavy atom. The predicted octanol–water partition coefficient (Wildman–Crippen LogP) is 0.602. The maximum absolute atomic E-state index is 11.1. The number of hydrogen-bond donors (Lipinski definition) is 2. The van der Waals surface area contributed by atoms with Crippen molar-refractivity contribution in [3.05, 3.63) is 23.9 Å². The van der Waals surface area contributed by atoms with E-state index in [4.69, 9.17) is 11.5 Å². The van der Waals surface area contributed by atoms with Gasteiger partial charge in [-0.15, -0.1) is 0 Å². The summed E-state index contributed by atoms with van der Waals surface area (Å²) in [6.45, 7) is 4.81. The van der Waals surface area contributed by atoms with Crippen LogP contribution in [-0.2, 0) is 4.79 Å². The molecule has 0 aromatic carbocycles. The quantitative estimate of drug-likeness (QED) is 0.752. The number of hydrogen-bond acceptors (Lipinski definition) is 3. The zero-order valence-electron chi connectivity index (χ0n) is 10.4. The number of nitrogens with zero attached hydrogens (tertiary/aromatic N) is 1. The van der Waals surface area contributed by atoms with E-state index in [2.05, 4.69) is 17.9 Å². The molecule has 1 aliphatic carbocycles. The topological polar surface area (TPSA) is 72.3 Å². The molecule has 1 aliphatic heterocycles. The van der Waals surface area contributed by atoms with Crippen LogP contribution in [0.4, 0.5) is 0 Å². The Balaban J connectivity index is 1.96. The van der Waals surface area contributed by atoms with Crippen LogP contribution in [0.5, 0.6) is 0 Å². The number of carbonyl (C=O) groups excluding carboxylic acids is 1. The SMILES string of the molecule is CC1(CN2CCC(C(N)=O)C2)CC=CC=C1N. The summed E-state index contributed by atoms with van der Waals surface area (Å²) < 4.78 is 0. The molecular formula is C13H21N3O. The fourth-order valence-corrected chi connectivity index (χ4v) is 2.68. The number of likely N-dealkylation sites (tertiary alicyclic amines) is 1. The Morgan fingerprint density at radius 3 is 3.00 bits per heavy atom. The third kappa shape index (κ3) is 2.52. The summed E-state index contributed by atoms with van der Waals surface area (Å²) in [6.07, 6.45) is 7.98. The molecule has 0 aromatic heterocycles. The molecule has 4 N–H and O–H groups in total. The first-order chi connectivity index (χ1) is 8.01. The Bertz CT molecular complexity index is 375. The summed E-state index contributed by atoms with van der Waals surface area (Å²) in [7, 11) is 0. The zero-order chi connectivity index (χ0) is 12.5. The van der Waals surface area contributed by atoms with Crippen molar-refractivity contribution >= 4 is 5.91 Å². The second-order valence-electron chi connectivity index (χ2n) is 5.44. The molecule has 2 atom stereocenters. The molecule has 94 valence electrons. The van der Waals surface area contributed by atoms with Gasteiger partial charge in [0.25, 0.3) is 0 Å². The van der Waals surface area contributed by atoms with Crippen molar-refractivity contribution in [1.82, 2.24) is 4.90 Å². The first-order valence-electron chi connectivity index (χ1n) is 6.16. The van der Waals surface area contributed by atoms with Crippen LogP contribution in [0.2, 0.25) is 0 Å². The minimum atomic E-state index is -0.176. The van der Waals surface area contributed by atoms with E-state index in [1.165, 1.54) is 0 Å². The van der Waals surface area contributed by atoms with Crippen LogP contribution < -0.4 is 11.5 Å². The molecule has 2 unspecified atom stereocenters. The maximum Gasteiger partial charge on any atom is 0.221 e. The van der Waals surface area contributed by atoms with E-state index in [9.17, 15) is 4.79 Å². The van der Waals surface area contributed by atoms with Gasteiger partial charge in [-0.05, 0) is 25.5 Å². The van der Waals surface area contributed by atoms with E-state index in [-0.39, 0.29) is 17.2 Å². The van der Waals surface area contributed by atoms with E-state index in [0.29, 0.717) is 0 Å². The summed E-state index contributed by atoms with van der Waals surface area (Å²) in [5, 5.41) is 0. The lowest BCUT2D eigenvalue weighted by Gasteiger charge is -2.35. The Labute approximate surface area is 102 Å². The lowest BCUT2D eigenvalue weighted by molar-refractivity contribution is -0.121. The Morgan fingerprint density at radius 1 is 1.65 bits per heavy atom. The highest BCUT2D eigenvalue weighted by Crippen LogP contribution is 2.33. The standard InChI is InChI=1S/C13H21N3O/c1-13(6-3-2-4-11(13)14)9-16-7-5-10(8-16)12(15)17/h2-4,10H,5-9,14H2,1H3,(H2,15,17). The number of allylic oxidation sites excluding steroid dienone is 3. The monoisotopic (exact) mass is 235 g/mol. The summed E-state index contributed by atoms with van der Waals surface area (Å²) in [4.78, 5) is 13.4. The van der Waals surface area contributed by atoms with Crippen LogP contribution in [0.15, 0.2) is 23.9 Å². The highest BCUT2D eigenvalue weighted by molar-refractivity contribution is 5.77. The van der Waals surface area contributed by atoms with Gasteiger partial charge >= 0.3 is 0 Å². The Kier molecular flexibility index (Phi) is 3.24. The lowest BCUT2D eigenvalue weighted by Crippen LogP contribution is -2.39. The van der Waals surface area contributed by atoms with Crippen LogP contribution in [0.3, 0.4) is 0 Å². The lowest BCUT2D eigenvalue weighted by atomic mass is 9.80. The molecular weight excluding hydrogens is 214 g/mol. The van der Waals surface area contributed by atoms with Gasteiger partial charge in [0.05, 0.1) is 5.92 Å². The van der Waals surface area contributed by atoms with Gasteiger partial charge in [-0.1, -0.05) is 19.1 Å². The fourth-order valence-electron chi connectivity index (χ4n) is 2.68. The summed E-state index contributed by atoms with van der Waals surface area (Å²) >= 11 is 0. The molecule has 0 aromatic rings. The first-order valence-corrected chi connectivity index (χ1v) is 6.16. The largest absolute Gasteiger partial charge is 0.402 e. The summed E-state index contributed by atoms with van der Waals surface area (Å²) in [6, 6.07) is 0. The molecule has 1 saturated heterocycles. The van der Waals surface area contributed by atoms with Crippen LogP contribution in [0, 0.1) is 11.3 Å². The molecule has 1 fully saturated rings. The van der Waals surface area contributed by atoms with E-state index < -0.39 is 0 Å². The second-order valence-corrected chi connectivity index (χ2v) is 5.44. The third-order valence-corrected chi connectivity index (χ3v) is 3.92. The number of nitrogens with two attached hydrogens (primary N) is 2. The van der Waals surface area contributed by atoms with E-state index >= 15 is 0 Å². The van der Waals surface area contributed by atoms with Gasteiger partial charge in [-0.3, -0.25) is 4.79 Å². The molecule has 4 nitrogen and oxygen atoms in total. The fraction of sp³-hybridized carbons (Fsp3) is 0.615. The molecule has 1 heterocycles. The minimum Gasteiger partial charge on any atom is -0.402 e. The molecule has 2 rings (SSSR count). The molecule has 4 heteroatoms. The molecule has 0 radical (unpaired) electrons. The van der Waals surface area contributed by atoms with Gasteiger partial charge in [-0.25, -0.2) is 0 Å². The number of primary amides is 1. The van der Waals surface area contributed by atoms with Crippen molar-refractivity contribution in [3.63, 3.8) is 0 Å². The van der Waals surface area contributed by atoms with E-state index in [1.54, 1.807) is 0 Å². The average Bonchev–Trinajstić information content (AvgIpc) is 2.71. The average molecular weight is 235 g/mol. The third-order valence-electron chi connectivity index (χ3n) is 3.92. The van der Waals surface area contributed by atoms with E-state index in [1.807, 2.05) is 12.2 Å². The van der Waals surface area contributed by atoms with Crippen molar-refractivity contribution < 1.29 is 4.79 Å². The molecule has 17 heavy (non-hydrogen) atoms. The maximum atomic E-state index is 11.1. The van der Waals surface area contributed by atoms with Gasteiger partial charge in [-0.2, -0.15) is 0 Å². The van der Waals surface area contributed by atoms with Crippen LogP contribution in [-0.4, -0.2) is 30.4 Å². The van der Waals surface area contributed by atoms with Gasteiger partial charge in [0.2, 0.25) is 5.91 Å². The summed E-state index contributed by atoms with van der Waals surface area (Å²) in [5.74, 6) is -0.160. The van der Waals surface area contributed by atoms with Crippen LogP contribution >= 0.6 is 0 Å². The van der Waals surface area contributed by atoms with Crippen LogP contribution in [0.25, 0.3) is 0 Å². The minimum absolute atomic E-state index is 0.00128. The second kappa shape index (κ2) is 4.53. The Hall–Kier alpha value is -1.29. The summed E-state index contributed by atoms with van der Waals surface area (Å²) in [5.41, 5.74) is 12.4. The zero-order valence-corrected chi connectivity index (χ0v) is 10.4. The van der Waals surface area contributed by atoms with Crippen molar-refractivity contribution in [1.29, 1.82) is 0 Å². The van der Waals surface area contributed by atoms with Gasteiger partial charge in [0, 0.05) is 24.2 Å².